The molecule has 5 N–H and O–H groups in total. The minimum atomic E-state index is -0.445. The Hall–Kier alpha value is -1.49. The fourth-order valence-electron chi connectivity index (χ4n) is 1.94. The van der Waals surface area contributed by atoms with Crippen molar-refractivity contribution in [3.8, 4) is 0 Å². The number of aliphatic imine (C=N–C) groups is 1. The fraction of sp³-hybridized carbons (Fsp3) is 0.308. The number of halogens is 2. The normalized spacial score (nSPS) is 19.0. The van der Waals surface area contributed by atoms with Crippen LogP contribution in [0.5, 0.6) is 0 Å². The van der Waals surface area contributed by atoms with Crippen molar-refractivity contribution in [1.82, 2.24) is 10.8 Å². The zero-order valence-electron chi connectivity index (χ0n) is 11.9. The van der Waals surface area contributed by atoms with Gasteiger partial charge in [0.2, 0.25) is 0 Å². The number of nitrogens with zero attached hydrogens (tertiary/aromatic N) is 2. The topological polar surface area (TPSA) is 113 Å². The molecule has 1 aromatic rings. The molecule has 0 radical (unpaired) electrons. The van der Waals surface area contributed by atoms with E-state index >= 15 is 0 Å². The molecule has 0 amide bonds. The average molecular weight is 404 g/mol. The summed E-state index contributed by atoms with van der Waals surface area (Å²) in [4.78, 5) is 4.04. The van der Waals surface area contributed by atoms with Gasteiger partial charge in [-0.15, -0.1) is 0 Å². The standard InChI is InChI=1S/C13H15BrFN5O2S/c14-9-5-7(1-2-10(9)15)18-12(19-21)11(16)13(20-22)23-8-3-4-17-6-8/h1-2,5,8,16-17,21-22H,3-4,6H2,(H,18,19)/b16-11?,20-13+. The van der Waals surface area contributed by atoms with Gasteiger partial charge in [-0.25, -0.2) is 9.38 Å². The van der Waals surface area contributed by atoms with E-state index in [4.69, 9.17) is 10.6 Å². The van der Waals surface area contributed by atoms with Crippen molar-refractivity contribution in [3.63, 3.8) is 0 Å². The molecule has 1 aromatic carbocycles. The van der Waals surface area contributed by atoms with E-state index in [1.54, 1.807) is 0 Å². The Morgan fingerprint density at radius 3 is 2.87 bits per heavy atom. The van der Waals surface area contributed by atoms with Gasteiger partial charge in [0.15, 0.2) is 10.9 Å². The van der Waals surface area contributed by atoms with Gasteiger partial charge in [0.25, 0.3) is 0 Å². The molecular weight excluding hydrogens is 389 g/mol. The van der Waals surface area contributed by atoms with E-state index in [2.05, 4.69) is 31.4 Å². The number of amidine groups is 1. The van der Waals surface area contributed by atoms with Crippen molar-refractivity contribution in [2.45, 2.75) is 11.7 Å². The Kier molecular flexibility index (Phi) is 6.51. The number of thioether (sulfide) groups is 1. The zero-order chi connectivity index (χ0) is 16.8. The molecule has 0 aromatic heterocycles. The molecule has 10 heteroatoms. The molecule has 0 saturated carbocycles. The first kappa shape index (κ1) is 17.9. The zero-order valence-corrected chi connectivity index (χ0v) is 14.3. The van der Waals surface area contributed by atoms with Crippen LogP contribution >= 0.6 is 27.7 Å². The van der Waals surface area contributed by atoms with Crippen LogP contribution in [0.3, 0.4) is 0 Å². The third kappa shape index (κ3) is 4.74. The molecule has 0 spiro atoms. The van der Waals surface area contributed by atoms with Gasteiger partial charge in [0.05, 0.1) is 10.2 Å². The maximum atomic E-state index is 13.2. The minimum Gasteiger partial charge on any atom is -0.410 e. The highest BCUT2D eigenvalue weighted by Crippen LogP contribution is 2.23. The van der Waals surface area contributed by atoms with Crippen molar-refractivity contribution < 1.29 is 14.8 Å². The molecule has 23 heavy (non-hydrogen) atoms. The lowest BCUT2D eigenvalue weighted by molar-refractivity contribution is 0.237. The van der Waals surface area contributed by atoms with Crippen LogP contribution in [-0.2, 0) is 0 Å². The Morgan fingerprint density at radius 2 is 2.30 bits per heavy atom. The predicted octanol–water partition coefficient (Wildman–Crippen LogP) is 2.50. The molecule has 1 aliphatic heterocycles. The van der Waals surface area contributed by atoms with Crippen LogP contribution in [0.25, 0.3) is 0 Å². The number of hydrogen-bond acceptors (Lipinski definition) is 7. The smallest absolute Gasteiger partial charge is 0.178 e. The number of hydrogen-bond donors (Lipinski definition) is 5. The summed E-state index contributed by atoms with van der Waals surface area (Å²) in [6, 6.07) is 4.01. The fourth-order valence-corrected chi connectivity index (χ4v) is 3.32. The minimum absolute atomic E-state index is 0.0418. The average Bonchev–Trinajstić information content (AvgIpc) is 3.06. The maximum Gasteiger partial charge on any atom is 0.178 e. The lowest BCUT2D eigenvalue weighted by atomic mass is 10.3. The Labute approximate surface area is 144 Å². The lowest BCUT2D eigenvalue weighted by Gasteiger charge is -2.11. The molecule has 1 saturated heterocycles. The number of rotatable bonds is 4. The molecule has 1 unspecified atom stereocenters. The van der Waals surface area contributed by atoms with Crippen LogP contribution in [0.15, 0.2) is 32.8 Å². The number of benzene rings is 1. The van der Waals surface area contributed by atoms with Crippen molar-refractivity contribution in [1.29, 1.82) is 5.41 Å². The second-order valence-corrected chi connectivity index (χ2v) is 6.83. The molecule has 1 fully saturated rings. The van der Waals surface area contributed by atoms with Gasteiger partial charge in [-0.05, 0) is 47.1 Å². The largest absolute Gasteiger partial charge is 0.410 e. The van der Waals surface area contributed by atoms with Gasteiger partial charge in [0, 0.05) is 11.8 Å². The van der Waals surface area contributed by atoms with Gasteiger partial charge < -0.3 is 10.5 Å². The van der Waals surface area contributed by atoms with E-state index in [0.717, 1.165) is 19.5 Å². The van der Waals surface area contributed by atoms with Crippen LogP contribution in [-0.4, -0.2) is 45.3 Å². The first-order valence-electron chi connectivity index (χ1n) is 6.67. The molecule has 0 aliphatic carbocycles. The third-order valence-electron chi connectivity index (χ3n) is 3.08. The monoisotopic (exact) mass is 403 g/mol. The lowest BCUT2D eigenvalue weighted by Crippen LogP contribution is -2.33. The summed E-state index contributed by atoms with van der Waals surface area (Å²) in [5.74, 6) is -0.644. The summed E-state index contributed by atoms with van der Waals surface area (Å²) in [5.41, 5.74) is 1.89. The predicted molar refractivity (Wildman–Crippen MR) is 91.9 cm³/mol. The molecular formula is C13H15BrFN5O2S. The van der Waals surface area contributed by atoms with Gasteiger partial charge in [-0.2, -0.15) is 0 Å². The van der Waals surface area contributed by atoms with E-state index in [1.165, 1.54) is 30.0 Å². The molecule has 7 nitrogen and oxygen atoms in total. The third-order valence-corrected chi connectivity index (χ3v) is 4.94. The van der Waals surface area contributed by atoms with Gasteiger partial charge in [-0.1, -0.05) is 16.9 Å². The Balaban J connectivity index is 2.18. The summed E-state index contributed by atoms with van der Waals surface area (Å²) in [6.07, 6.45) is 0.890. The summed E-state index contributed by atoms with van der Waals surface area (Å²) in [5, 5.41) is 32.9. The van der Waals surface area contributed by atoms with Crippen molar-refractivity contribution in [2.24, 2.45) is 10.1 Å². The van der Waals surface area contributed by atoms with Crippen LogP contribution in [0.1, 0.15) is 6.42 Å². The maximum absolute atomic E-state index is 13.2. The van der Waals surface area contributed by atoms with Crippen LogP contribution < -0.4 is 10.8 Å². The SMILES string of the molecule is N=C(C(=Nc1ccc(F)c(Br)c1)NO)/C(=N\O)SC1CCNC1. The van der Waals surface area contributed by atoms with Crippen LogP contribution in [0.2, 0.25) is 0 Å². The highest BCUT2D eigenvalue weighted by atomic mass is 79.9. The summed E-state index contributed by atoms with van der Waals surface area (Å²) in [6.45, 7) is 1.62. The van der Waals surface area contributed by atoms with Crippen molar-refractivity contribution in [3.05, 3.63) is 28.5 Å². The second kappa shape index (κ2) is 8.39. The Bertz CT molecular complexity index is 649. The van der Waals surface area contributed by atoms with Crippen LogP contribution in [0.4, 0.5) is 10.1 Å². The highest BCUT2D eigenvalue weighted by Gasteiger charge is 2.23. The van der Waals surface area contributed by atoms with Gasteiger partial charge in [0.1, 0.15) is 11.5 Å². The van der Waals surface area contributed by atoms with E-state index < -0.39 is 5.82 Å². The van der Waals surface area contributed by atoms with E-state index in [-0.39, 0.29) is 26.3 Å². The second-order valence-electron chi connectivity index (χ2n) is 4.68. The number of nitrogens with one attached hydrogen (secondary N) is 3. The van der Waals surface area contributed by atoms with Crippen molar-refractivity contribution >= 4 is 50.0 Å². The number of hydroxylamine groups is 1. The summed E-state index contributed by atoms with van der Waals surface area (Å²) >= 11 is 4.27. The molecule has 1 heterocycles. The molecule has 0 bridgehead atoms. The first-order valence-corrected chi connectivity index (χ1v) is 8.35. The van der Waals surface area contributed by atoms with Gasteiger partial charge in [-0.3, -0.25) is 16.1 Å². The number of oxime groups is 1. The quantitative estimate of drug-likeness (QED) is 0.229. The molecule has 1 aliphatic rings. The van der Waals surface area contributed by atoms with E-state index in [1.807, 2.05) is 5.48 Å². The first-order chi connectivity index (χ1) is 11.0. The highest BCUT2D eigenvalue weighted by molar-refractivity contribution is 9.10. The Morgan fingerprint density at radius 1 is 1.52 bits per heavy atom. The molecule has 1 atom stereocenters. The van der Waals surface area contributed by atoms with E-state index in [9.17, 15) is 9.60 Å². The van der Waals surface area contributed by atoms with Crippen LogP contribution in [0, 0.1) is 11.2 Å². The van der Waals surface area contributed by atoms with E-state index in [0.29, 0.717) is 5.69 Å². The summed E-state index contributed by atoms with van der Waals surface area (Å²) < 4.78 is 13.4. The molecule has 2 rings (SSSR count). The summed E-state index contributed by atoms with van der Waals surface area (Å²) in [7, 11) is 0. The van der Waals surface area contributed by atoms with Gasteiger partial charge >= 0.3 is 0 Å². The van der Waals surface area contributed by atoms with Crippen molar-refractivity contribution in [2.75, 3.05) is 13.1 Å². The molecule has 124 valence electrons.